The highest BCUT2D eigenvalue weighted by atomic mass is 35.5. The molecule has 0 radical (unpaired) electrons. The van der Waals surface area contributed by atoms with Gasteiger partial charge in [-0.15, -0.1) is 0 Å². The predicted molar refractivity (Wildman–Crippen MR) is 114 cm³/mol. The number of furan rings is 1. The summed E-state index contributed by atoms with van der Waals surface area (Å²) >= 11 is 6.68. The van der Waals surface area contributed by atoms with Crippen LogP contribution in [0.5, 0.6) is 0 Å². The zero-order valence-electron chi connectivity index (χ0n) is 15.6. The molecular formula is C21H12ClFN2O5S. The lowest BCUT2D eigenvalue weighted by Crippen LogP contribution is -2.28. The van der Waals surface area contributed by atoms with Gasteiger partial charge in [0.25, 0.3) is 16.8 Å². The van der Waals surface area contributed by atoms with Crippen molar-refractivity contribution in [1.82, 2.24) is 4.90 Å². The molecule has 0 spiro atoms. The van der Waals surface area contributed by atoms with E-state index in [-0.39, 0.29) is 44.8 Å². The Morgan fingerprint density at radius 2 is 1.90 bits per heavy atom. The van der Waals surface area contributed by atoms with E-state index in [1.165, 1.54) is 42.5 Å². The van der Waals surface area contributed by atoms with Crippen molar-refractivity contribution in [2.45, 2.75) is 6.54 Å². The predicted octanol–water partition coefficient (Wildman–Crippen LogP) is 5.88. The number of para-hydroxylation sites is 1. The Bertz CT molecular complexity index is 1240. The van der Waals surface area contributed by atoms with Gasteiger partial charge in [-0.3, -0.25) is 24.6 Å². The number of hydrogen-bond acceptors (Lipinski definition) is 6. The quantitative estimate of drug-likeness (QED) is 0.269. The molecule has 3 aromatic rings. The van der Waals surface area contributed by atoms with Crippen LogP contribution in [0.1, 0.15) is 11.3 Å². The SMILES string of the molecule is O=C1S/C(=C/c2ccc(-c3ccccc3[N+](=O)[O-])o2)C(=O)N1Cc1c(F)cccc1Cl. The van der Waals surface area contributed by atoms with E-state index in [2.05, 4.69) is 0 Å². The fourth-order valence-electron chi connectivity index (χ4n) is 3.02. The highest BCUT2D eigenvalue weighted by Gasteiger charge is 2.36. The van der Waals surface area contributed by atoms with Crippen molar-refractivity contribution < 1.29 is 23.3 Å². The van der Waals surface area contributed by atoms with Crippen molar-refractivity contribution in [3.05, 3.63) is 91.8 Å². The van der Waals surface area contributed by atoms with Crippen molar-refractivity contribution in [2.24, 2.45) is 0 Å². The molecule has 2 aromatic carbocycles. The van der Waals surface area contributed by atoms with E-state index in [4.69, 9.17) is 16.0 Å². The van der Waals surface area contributed by atoms with Crippen molar-refractivity contribution in [1.29, 1.82) is 0 Å². The van der Waals surface area contributed by atoms with E-state index in [1.807, 2.05) is 0 Å². The molecule has 2 heterocycles. The van der Waals surface area contributed by atoms with Crippen molar-refractivity contribution in [2.75, 3.05) is 0 Å². The normalized spacial score (nSPS) is 15.2. The summed E-state index contributed by atoms with van der Waals surface area (Å²) in [4.78, 5) is 36.7. The van der Waals surface area contributed by atoms with Gasteiger partial charge in [-0.2, -0.15) is 0 Å². The summed E-state index contributed by atoms with van der Waals surface area (Å²) in [5, 5.41) is 10.8. The summed E-state index contributed by atoms with van der Waals surface area (Å²) in [6, 6.07) is 13.3. The Hall–Kier alpha value is -3.43. The van der Waals surface area contributed by atoms with E-state index in [0.717, 1.165) is 4.90 Å². The average molecular weight is 459 g/mol. The molecule has 0 N–H and O–H groups in total. The number of amides is 2. The van der Waals surface area contributed by atoms with Gasteiger partial charge in [0, 0.05) is 22.7 Å². The van der Waals surface area contributed by atoms with Crippen LogP contribution in [-0.4, -0.2) is 21.0 Å². The van der Waals surface area contributed by atoms with Gasteiger partial charge in [-0.25, -0.2) is 4.39 Å². The lowest BCUT2D eigenvalue weighted by Gasteiger charge is -2.14. The molecule has 0 aliphatic carbocycles. The summed E-state index contributed by atoms with van der Waals surface area (Å²) < 4.78 is 19.7. The van der Waals surface area contributed by atoms with Gasteiger partial charge in [0.1, 0.15) is 17.3 Å². The zero-order valence-corrected chi connectivity index (χ0v) is 17.2. The minimum atomic E-state index is -0.615. The number of carbonyl (C=O) groups excluding carboxylic acids is 2. The van der Waals surface area contributed by atoms with Gasteiger partial charge in [-0.1, -0.05) is 29.8 Å². The lowest BCUT2D eigenvalue weighted by molar-refractivity contribution is -0.384. The third-order valence-electron chi connectivity index (χ3n) is 4.52. The molecule has 0 atom stereocenters. The van der Waals surface area contributed by atoms with Crippen LogP contribution < -0.4 is 0 Å². The Balaban J connectivity index is 1.59. The molecular weight excluding hydrogens is 447 g/mol. The first-order chi connectivity index (χ1) is 14.8. The highest BCUT2D eigenvalue weighted by Crippen LogP contribution is 2.36. The van der Waals surface area contributed by atoms with Gasteiger partial charge in [0.15, 0.2) is 0 Å². The molecule has 1 saturated heterocycles. The van der Waals surface area contributed by atoms with Crippen LogP contribution in [-0.2, 0) is 11.3 Å². The molecule has 0 unspecified atom stereocenters. The summed E-state index contributed by atoms with van der Waals surface area (Å²) in [6.07, 6.45) is 1.37. The maximum absolute atomic E-state index is 14.0. The molecule has 10 heteroatoms. The molecule has 31 heavy (non-hydrogen) atoms. The number of hydrogen-bond donors (Lipinski definition) is 0. The summed E-state index contributed by atoms with van der Waals surface area (Å²) in [5.41, 5.74) is 0.212. The standard InChI is InChI=1S/C21H12ClFN2O5S/c22-15-5-3-6-16(23)14(15)11-24-20(26)19(31-21(24)27)10-12-8-9-18(30-12)13-4-1-2-7-17(13)25(28)29/h1-10H,11H2/b19-10+. The fraction of sp³-hybridized carbons (Fsp3) is 0.0476. The van der Waals surface area contributed by atoms with Crippen LogP contribution in [0.3, 0.4) is 0 Å². The molecule has 1 aromatic heterocycles. The number of carbonyl (C=O) groups is 2. The van der Waals surface area contributed by atoms with E-state index in [1.54, 1.807) is 18.2 Å². The number of imide groups is 1. The molecule has 4 rings (SSSR count). The average Bonchev–Trinajstić information content (AvgIpc) is 3.30. The smallest absolute Gasteiger partial charge is 0.293 e. The Kier molecular flexibility index (Phi) is 5.62. The molecule has 2 amide bonds. The van der Waals surface area contributed by atoms with Gasteiger partial charge in [0.2, 0.25) is 0 Å². The monoisotopic (exact) mass is 458 g/mol. The number of nitro groups is 1. The Morgan fingerprint density at radius 3 is 2.65 bits per heavy atom. The van der Waals surface area contributed by atoms with Gasteiger partial charge >= 0.3 is 0 Å². The van der Waals surface area contributed by atoms with E-state index in [0.29, 0.717) is 11.8 Å². The van der Waals surface area contributed by atoms with Crippen LogP contribution in [0.2, 0.25) is 5.02 Å². The minimum Gasteiger partial charge on any atom is -0.456 e. The zero-order chi connectivity index (χ0) is 22.1. The summed E-state index contributed by atoms with van der Waals surface area (Å²) in [6.45, 7) is -0.298. The van der Waals surface area contributed by atoms with Crippen LogP contribution in [0, 0.1) is 15.9 Å². The van der Waals surface area contributed by atoms with Crippen LogP contribution >= 0.6 is 23.4 Å². The number of nitrogens with zero attached hydrogens (tertiary/aromatic N) is 2. The second-order valence-corrected chi connectivity index (χ2v) is 7.84. The summed E-state index contributed by atoms with van der Waals surface area (Å²) in [5.74, 6) is -0.743. The van der Waals surface area contributed by atoms with Crippen LogP contribution in [0.15, 0.2) is 63.9 Å². The number of benzene rings is 2. The number of nitro benzene ring substituents is 1. The lowest BCUT2D eigenvalue weighted by atomic mass is 10.1. The topological polar surface area (TPSA) is 93.7 Å². The number of halogens is 2. The summed E-state index contributed by atoms with van der Waals surface area (Å²) in [7, 11) is 0. The molecule has 156 valence electrons. The van der Waals surface area contributed by atoms with E-state index < -0.39 is 21.9 Å². The first-order valence-electron chi connectivity index (χ1n) is 8.87. The third-order valence-corrected chi connectivity index (χ3v) is 5.78. The van der Waals surface area contributed by atoms with E-state index in [9.17, 15) is 24.1 Å². The van der Waals surface area contributed by atoms with Crippen molar-refractivity contribution >= 4 is 46.3 Å². The maximum atomic E-state index is 14.0. The van der Waals surface area contributed by atoms with Crippen LogP contribution in [0.4, 0.5) is 14.9 Å². The first-order valence-corrected chi connectivity index (χ1v) is 10.1. The van der Waals surface area contributed by atoms with E-state index >= 15 is 0 Å². The third kappa shape index (κ3) is 4.10. The largest absolute Gasteiger partial charge is 0.456 e. The molecule has 0 saturated carbocycles. The van der Waals surface area contributed by atoms with Gasteiger partial charge < -0.3 is 4.42 Å². The van der Waals surface area contributed by atoms with Crippen molar-refractivity contribution in [3.63, 3.8) is 0 Å². The van der Waals surface area contributed by atoms with Crippen LogP contribution in [0.25, 0.3) is 17.4 Å². The number of thioether (sulfide) groups is 1. The Morgan fingerprint density at radius 1 is 1.13 bits per heavy atom. The highest BCUT2D eigenvalue weighted by molar-refractivity contribution is 8.18. The van der Waals surface area contributed by atoms with Crippen molar-refractivity contribution in [3.8, 4) is 11.3 Å². The second kappa shape index (κ2) is 8.37. The first kappa shape index (κ1) is 20.8. The maximum Gasteiger partial charge on any atom is 0.293 e. The molecule has 1 aliphatic rings. The minimum absolute atomic E-state index is 0.0457. The fourth-order valence-corrected chi connectivity index (χ4v) is 4.06. The second-order valence-electron chi connectivity index (χ2n) is 6.44. The number of rotatable bonds is 5. The molecule has 1 aliphatic heterocycles. The molecule has 1 fully saturated rings. The molecule has 7 nitrogen and oxygen atoms in total. The molecule has 0 bridgehead atoms. The van der Waals surface area contributed by atoms with Gasteiger partial charge in [-0.05, 0) is 42.1 Å². The van der Waals surface area contributed by atoms with Gasteiger partial charge in [0.05, 0.1) is 21.9 Å². The Labute approximate surface area is 184 Å².